The molecule has 15 heavy (non-hydrogen) atoms. The largest absolute Gasteiger partial charge is 0.389 e. The standard InChI is InChI=1S/C11H19N3S/c1-8-3-5-9(6-4-8)14(2)11-13-7-10(12)15-11/h7-9H,3-6,12H2,1-2H3. The molecule has 0 spiro atoms. The van der Waals surface area contributed by atoms with E-state index in [0.29, 0.717) is 6.04 Å². The average molecular weight is 225 g/mol. The zero-order valence-corrected chi connectivity index (χ0v) is 10.3. The van der Waals surface area contributed by atoms with E-state index in [1.165, 1.54) is 25.7 Å². The average Bonchev–Trinajstić information content (AvgIpc) is 2.65. The van der Waals surface area contributed by atoms with E-state index < -0.39 is 0 Å². The summed E-state index contributed by atoms with van der Waals surface area (Å²) in [4.78, 5) is 6.63. The Morgan fingerprint density at radius 3 is 2.60 bits per heavy atom. The molecule has 0 aliphatic heterocycles. The Morgan fingerprint density at radius 2 is 2.07 bits per heavy atom. The van der Waals surface area contributed by atoms with Gasteiger partial charge in [-0.2, -0.15) is 0 Å². The van der Waals surface area contributed by atoms with Crippen LogP contribution in [-0.4, -0.2) is 18.1 Å². The van der Waals surface area contributed by atoms with Crippen LogP contribution < -0.4 is 10.6 Å². The van der Waals surface area contributed by atoms with Crippen molar-refractivity contribution in [2.24, 2.45) is 5.92 Å². The molecule has 2 N–H and O–H groups in total. The van der Waals surface area contributed by atoms with Crippen LogP contribution in [0.3, 0.4) is 0 Å². The maximum atomic E-state index is 5.70. The van der Waals surface area contributed by atoms with E-state index in [4.69, 9.17) is 5.73 Å². The molecular formula is C11H19N3S. The maximum Gasteiger partial charge on any atom is 0.187 e. The van der Waals surface area contributed by atoms with Gasteiger partial charge in [-0.15, -0.1) is 0 Å². The van der Waals surface area contributed by atoms with Gasteiger partial charge in [0.05, 0.1) is 6.20 Å². The summed E-state index contributed by atoms with van der Waals surface area (Å²) in [6, 6.07) is 0.659. The van der Waals surface area contributed by atoms with E-state index >= 15 is 0 Å². The predicted octanol–water partition coefficient (Wildman–Crippen LogP) is 2.74. The van der Waals surface area contributed by atoms with Gasteiger partial charge in [-0.1, -0.05) is 18.3 Å². The van der Waals surface area contributed by atoms with E-state index in [1.807, 2.05) is 0 Å². The van der Waals surface area contributed by atoms with Crippen molar-refractivity contribution in [1.29, 1.82) is 0 Å². The van der Waals surface area contributed by atoms with Crippen molar-refractivity contribution in [3.63, 3.8) is 0 Å². The van der Waals surface area contributed by atoms with Crippen LogP contribution in [-0.2, 0) is 0 Å². The van der Waals surface area contributed by atoms with Gasteiger partial charge in [0.2, 0.25) is 0 Å². The van der Waals surface area contributed by atoms with Crippen LogP contribution in [0.4, 0.5) is 10.1 Å². The van der Waals surface area contributed by atoms with E-state index in [9.17, 15) is 0 Å². The Hall–Kier alpha value is -0.770. The number of rotatable bonds is 2. The topological polar surface area (TPSA) is 42.2 Å². The molecule has 0 unspecified atom stereocenters. The second kappa shape index (κ2) is 4.39. The molecule has 1 saturated carbocycles. The van der Waals surface area contributed by atoms with Gasteiger partial charge >= 0.3 is 0 Å². The van der Waals surface area contributed by atoms with Gasteiger partial charge < -0.3 is 10.6 Å². The number of nitrogens with zero attached hydrogens (tertiary/aromatic N) is 2. The van der Waals surface area contributed by atoms with E-state index in [2.05, 4.69) is 23.9 Å². The molecule has 1 aromatic heterocycles. The van der Waals surface area contributed by atoms with Gasteiger partial charge in [0, 0.05) is 13.1 Å². The van der Waals surface area contributed by atoms with Crippen molar-refractivity contribution in [2.75, 3.05) is 17.7 Å². The third kappa shape index (κ3) is 2.43. The molecule has 1 heterocycles. The van der Waals surface area contributed by atoms with Crippen molar-refractivity contribution in [3.8, 4) is 0 Å². The minimum Gasteiger partial charge on any atom is -0.389 e. The molecule has 0 aromatic carbocycles. The van der Waals surface area contributed by atoms with Gasteiger partial charge in [0.1, 0.15) is 5.00 Å². The normalized spacial score (nSPS) is 26.5. The molecule has 2 rings (SSSR count). The molecule has 0 atom stereocenters. The minimum absolute atomic E-state index is 0.659. The zero-order valence-electron chi connectivity index (χ0n) is 9.44. The Balaban J connectivity index is 1.99. The fraction of sp³-hybridized carbons (Fsp3) is 0.727. The predicted molar refractivity (Wildman–Crippen MR) is 66.3 cm³/mol. The summed E-state index contributed by atoms with van der Waals surface area (Å²) in [6.45, 7) is 2.34. The highest BCUT2D eigenvalue weighted by atomic mass is 32.1. The third-order valence-corrected chi connectivity index (χ3v) is 4.26. The lowest BCUT2D eigenvalue weighted by Gasteiger charge is -2.33. The summed E-state index contributed by atoms with van der Waals surface area (Å²) in [5.74, 6) is 0.899. The monoisotopic (exact) mass is 225 g/mol. The van der Waals surface area contributed by atoms with Crippen LogP contribution >= 0.6 is 11.3 Å². The molecule has 1 aliphatic rings. The van der Waals surface area contributed by atoms with Crippen molar-refractivity contribution in [2.45, 2.75) is 38.6 Å². The van der Waals surface area contributed by atoms with E-state index in [-0.39, 0.29) is 0 Å². The summed E-state index contributed by atoms with van der Waals surface area (Å²) in [5.41, 5.74) is 5.70. The number of aromatic nitrogens is 1. The first-order valence-corrected chi connectivity index (χ1v) is 6.42. The highest BCUT2D eigenvalue weighted by Crippen LogP contribution is 2.31. The summed E-state index contributed by atoms with van der Waals surface area (Å²) >= 11 is 1.58. The van der Waals surface area contributed by atoms with Crippen LogP contribution in [0.1, 0.15) is 32.6 Å². The van der Waals surface area contributed by atoms with Gasteiger partial charge in [0.15, 0.2) is 5.13 Å². The van der Waals surface area contributed by atoms with Crippen molar-refractivity contribution in [3.05, 3.63) is 6.20 Å². The van der Waals surface area contributed by atoms with Crippen molar-refractivity contribution in [1.82, 2.24) is 4.98 Å². The maximum absolute atomic E-state index is 5.70. The summed E-state index contributed by atoms with van der Waals surface area (Å²) in [6.07, 6.45) is 7.02. The third-order valence-electron chi connectivity index (χ3n) is 3.35. The van der Waals surface area contributed by atoms with Crippen LogP contribution in [0.5, 0.6) is 0 Å². The molecule has 3 nitrogen and oxygen atoms in total. The van der Waals surface area contributed by atoms with Gasteiger partial charge in [-0.3, -0.25) is 0 Å². The Kier molecular flexibility index (Phi) is 3.14. The van der Waals surface area contributed by atoms with Crippen LogP contribution in [0.15, 0.2) is 6.20 Å². The quantitative estimate of drug-likeness (QED) is 0.841. The van der Waals surface area contributed by atoms with Crippen LogP contribution in [0.2, 0.25) is 0 Å². The Bertz CT molecular complexity index is 315. The number of hydrogen-bond donors (Lipinski definition) is 1. The summed E-state index contributed by atoms with van der Waals surface area (Å²) in [7, 11) is 2.14. The smallest absolute Gasteiger partial charge is 0.187 e. The molecule has 0 saturated heterocycles. The molecule has 1 aromatic rings. The number of anilines is 2. The molecular weight excluding hydrogens is 206 g/mol. The molecule has 1 aliphatic carbocycles. The van der Waals surface area contributed by atoms with Gasteiger partial charge in [-0.25, -0.2) is 4.98 Å². The van der Waals surface area contributed by atoms with Crippen LogP contribution in [0.25, 0.3) is 0 Å². The Labute approximate surface area is 95.3 Å². The summed E-state index contributed by atoms with van der Waals surface area (Å²) < 4.78 is 0. The SMILES string of the molecule is CC1CCC(N(C)c2ncc(N)s2)CC1. The zero-order chi connectivity index (χ0) is 10.8. The first-order chi connectivity index (χ1) is 7.16. The fourth-order valence-electron chi connectivity index (χ4n) is 2.23. The van der Waals surface area contributed by atoms with Gasteiger partial charge in [0.25, 0.3) is 0 Å². The molecule has 84 valence electrons. The second-order valence-corrected chi connectivity index (χ2v) is 5.61. The number of thiazole rings is 1. The van der Waals surface area contributed by atoms with Crippen molar-refractivity contribution >= 4 is 21.5 Å². The van der Waals surface area contributed by atoms with E-state index in [0.717, 1.165) is 16.1 Å². The Morgan fingerprint density at radius 1 is 1.40 bits per heavy atom. The lowest BCUT2D eigenvalue weighted by atomic mass is 9.87. The number of nitrogen functional groups attached to an aromatic ring is 1. The highest BCUT2D eigenvalue weighted by Gasteiger charge is 2.23. The second-order valence-electron chi connectivity index (χ2n) is 4.57. The van der Waals surface area contributed by atoms with E-state index in [1.54, 1.807) is 17.5 Å². The van der Waals surface area contributed by atoms with Gasteiger partial charge in [-0.05, 0) is 31.6 Å². The molecule has 0 bridgehead atoms. The molecule has 0 amide bonds. The van der Waals surface area contributed by atoms with Crippen molar-refractivity contribution < 1.29 is 0 Å². The first kappa shape index (κ1) is 10.7. The molecule has 4 heteroatoms. The number of nitrogens with two attached hydrogens (primary N) is 1. The minimum atomic E-state index is 0.659. The summed E-state index contributed by atoms with van der Waals surface area (Å²) in [5, 5.41) is 1.87. The molecule has 1 fully saturated rings. The first-order valence-electron chi connectivity index (χ1n) is 5.61. The fourth-order valence-corrected chi connectivity index (χ4v) is 2.94. The lowest BCUT2D eigenvalue weighted by molar-refractivity contribution is 0.340. The lowest BCUT2D eigenvalue weighted by Crippen LogP contribution is -2.34. The number of hydrogen-bond acceptors (Lipinski definition) is 4. The highest BCUT2D eigenvalue weighted by molar-refractivity contribution is 7.19. The molecule has 0 radical (unpaired) electrons. The van der Waals surface area contributed by atoms with Crippen LogP contribution in [0, 0.1) is 5.92 Å².